The number of carbonyl (C=O) groups excluding carboxylic acids is 2. The van der Waals surface area contributed by atoms with E-state index in [4.69, 9.17) is 5.73 Å². The lowest BCUT2D eigenvalue weighted by atomic mass is 9.92. The Labute approximate surface area is 146 Å². The molecule has 6 nitrogen and oxygen atoms in total. The van der Waals surface area contributed by atoms with Crippen LogP contribution in [0.3, 0.4) is 0 Å². The van der Waals surface area contributed by atoms with E-state index in [-0.39, 0.29) is 11.9 Å². The number of nitrogens with zero attached hydrogens (tertiary/aromatic N) is 3. The molecular weight excluding hydrogens is 304 g/mol. The molecule has 2 N–H and O–H groups in total. The zero-order valence-electron chi connectivity index (χ0n) is 15.4. The van der Waals surface area contributed by atoms with E-state index in [1.807, 2.05) is 16.7 Å². The van der Waals surface area contributed by atoms with Crippen molar-refractivity contribution in [1.82, 2.24) is 14.7 Å². The summed E-state index contributed by atoms with van der Waals surface area (Å²) in [5.41, 5.74) is 5.94. The quantitative estimate of drug-likeness (QED) is 0.781. The maximum atomic E-state index is 12.5. The Morgan fingerprint density at radius 1 is 1.00 bits per heavy atom. The minimum atomic E-state index is -0.358. The maximum absolute atomic E-state index is 12.5. The Kier molecular flexibility index (Phi) is 7.49. The lowest BCUT2D eigenvalue weighted by Crippen LogP contribution is -2.50. The van der Waals surface area contributed by atoms with Gasteiger partial charge in [0.25, 0.3) is 0 Å². The number of piperidine rings is 1. The molecule has 2 fully saturated rings. The van der Waals surface area contributed by atoms with Gasteiger partial charge in [-0.05, 0) is 31.7 Å². The Hall–Kier alpha value is -1.14. The lowest BCUT2D eigenvalue weighted by molar-refractivity contribution is -0.135. The minimum absolute atomic E-state index is 0.0808. The van der Waals surface area contributed by atoms with Gasteiger partial charge < -0.3 is 20.4 Å². The Balaban J connectivity index is 1.71. The molecule has 0 aromatic heterocycles. The first-order valence-electron chi connectivity index (χ1n) is 9.59. The highest BCUT2D eigenvalue weighted by molar-refractivity contribution is 5.81. The summed E-state index contributed by atoms with van der Waals surface area (Å²) in [7, 11) is 0. The van der Waals surface area contributed by atoms with Crippen molar-refractivity contribution in [3.8, 4) is 0 Å². The molecule has 24 heavy (non-hydrogen) atoms. The minimum Gasteiger partial charge on any atom is -0.341 e. The first-order valence-corrected chi connectivity index (χ1v) is 9.59. The number of amides is 2. The fourth-order valence-corrected chi connectivity index (χ4v) is 3.72. The van der Waals surface area contributed by atoms with Crippen LogP contribution in [0.5, 0.6) is 0 Å². The number of likely N-dealkylation sites (N-methyl/N-ethyl adjacent to an activating group) is 1. The third kappa shape index (κ3) is 5.18. The molecule has 2 saturated heterocycles. The highest BCUT2D eigenvalue weighted by Gasteiger charge is 2.28. The maximum Gasteiger partial charge on any atom is 0.239 e. The monoisotopic (exact) mass is 338 g/mol. The number of nitrogens with two attached hydrogens (primary N) is 1. The molecule has 1 unspecified atom stereocenters. The molecule has 0 radical (unpaired) electrons. The van der Waals surface area contributed by atoms with Crippen molar-refractivity contribution >= 4 is 11.8 Å². The van der Waals surface area contributed by atoms with Gasteiger partial charge in [0, 0.05) is 45.7 Å². The van der Waals surface area contributed by atoms with Gasteiger partial charge in [-0.25, -0.2) is 0 Å². The second-order valence-electron chi connectivity index (χ2n) is 7.18. The van der Waals surface area contributed by atoms with Crippen molar-refractivity contribution in [2.45, 2.75) is 52.0 Å². The zero-order chi connectivity index (χ0) is 17.5. The first-order chi connectivity index (χ1) is 11.5. The van der Waals surface area contributed by atoms with Gasteiger partial charge in [0.1, 0.15) is 0 Å². The summed E-state index contributed by atoms with van der Waals surface area (Å²) in [6, 6.07) is -0.358. The topological polar surface area (TPSA) is 69.9 Å². The fourth-order valence-electron chi connectivity index (χ4n) is 3.72. The molecule has 0 aromatic carbocycles. The van der Waals surface area contributed by atoms with Crippen LogP contribution in [0.25, 0.3) is 0 Å². The zero-order valence-corrected chi connectivity index (χ0v) is 15.4. The summed E-state index contributed by atoms with van der Waals surface area (Å²) >= 11 is 0. The van der Waals surface area contributed by atoms with E-state index in [0.717, 1.165) is 71.5 Å². The summed E-state index contributed by atoms with van der Waals surface area (Å²) in [5, 5.41) is 0. The predicted molar refractivity (Wildman–Crippen MR) is 95.5 cm³/mol. The molecule has 2 heterocycles. The van der Waals surface area contributed by atoms with E-state index in [2.05, 4.69) is 11.8 Å². The molecule has 2 aliphatic heterocycles. The van der Waals surface area contributed by atoms with Gasteiger partial charge in [-0.15, -0.1) is 0 Å². The summed E-state index contributed by atoms with van der Waals surface area (Å²) < 4.78 is 0. The SMILES string of the molecule is CCCC(N)C(=O)N1CCC(CC(=O)N2CCN(CC)CC2)CC1. The number of carbonyl (C=O) groups is 2. The standard InChI is InChI=1S/C18H34N4O2/c1-3-5-16(19)18(24)22-8-6-15(7-9-22)14-17(23)21-12-10-20(4-2)11-13-21/h15-16H,3-14,19H2,1-2H3. The number of likely N-dealkylation sites (tertiary alicyclic amines) is 1. The second kappa shape index (κ2) is 9.37. The van der Waals surface area contributed by atoms with E-state index in [1.165, 1.54) is 0 Å². The summed E-state index contributed by atoms with van der Waals surface area (Å²) in [6.45, 7) is 10.5. The van der Waals surface area contributed by atoms with Gasteiger partial charge in [-0.2, -0.15) is 0 Å². The van der Waals surface area contributed by atoms with E-state index in [0.29, 0.717) is 18.2 Å². The van der Waals surface area contributed by atoms with Gasteiger partial charge in [-0.3, -0.25) is 9.59 Å². The van der Waals surface area contributed by atoms with E-state index >= 15 is 0 Å². The molecule has 138 valence electrons. The molecule has 1 atom stereocenters. The van der Waals surface area contributed by atoms with Crippen molar-refractivity contribution in [2.24, 2.45) is 11.7 Å². The number of hydrogen-bond donors (Lipinski definition) is 1. The largest absolute Gasteiger partial charge is 0.341 e. The van der Waals surface area contributed by atoms with E-state index in [9.17, 15) is 9.59 Å². The van der Waals surface area contributed by atoms with Crippen LogP contribution in [0.4, 0.5) is 0 Å². The smallest absolute Gasteiger partial charge is 0.239 e. The summed E-state index contributed by atoms with van der Waals surface area (Å²) in [5.74, 6) is 0.781. The van der Waals surface area contributed by atoms with Crippen LogP contribution in [-0.2, 0) is 9.59 Å². The molecule has 0 saturated carbocycles. The molecule has 2 amide bonds. The molecule has 0 aliphatic carbocycles. The fraction of sp³-hybridized carbons (Fsp3) is 0.889. The third-order valence-corrected chi connectivity index (χ3v) is 5.48. The molecule has 0 spiro atoms. The summed E-state index contributed by atoms with van der Waals surface area (Å²) in [4.78, 5) is 31.0. The van der Waals surface area contributed by atoms with Gasteiger partial charge in [0.2, 0.25) is 11.8 Å². The van der Waals surface area contributed by atoms with Crippen molar-refractivity contribution in [1.29, 1.82) is 0 Å². The predicted octanol–water partition coefficient (Wildman–Crippen LogP) is 0.907. The van der Waals surface area contributed by atoms with Gasteiger partial charge in [0.15, 0.2) is 0 Å². The van der Waals surface area contributed by atoms with Gasteiger partial charge in [-0.1, -0.05) is 20.3 Å². The van der Waals surface area contributed by atoms with Crippen molar-refractivity contribution < 1.29 is 9.59 Å². The lowest BCUT2D eigenvalue weighted by Gasteiger charge is -2.36. The molecule has 2 rings (SSSR count). The van der Waals surface area contributed by atoms with Crippen LogP contribution in [0.2, 0.25) is 0 Å². The highest BCUT2D eigenvalue weighted by Crippen LogP contribution is 2.22. The number of hydrogen-bond acceptors (Lipinski definition) is 4. The molecule has 2 aliphatic rings. The number of rotatable bonds is 6. The van der Waals surface area contributed by atoms with Crippen LogP contribution in [0, 0.1) is 5.92 Å². The second-order valence-corrected chi connectivity index (χ2v) is 7.18. The van der Waals surface area contributed by atoms with Gasteiger partial charge in [0.05, 0.1) is 6.04 Å². The third-order valence-electron chi connectivity index (χ3n) is 5.48. The van der Waals surface area contributed by atoms with Crippen molar-refractivity contribution in [3.63, 3.8) is 0 Å². The van der Waals surface area contributed by atoms with E-state index < -0.39 is 0 Å². The van der Waals surface area contributed by atoms with Gasteiger partial charge >= 0.3 is 0 Å². The highest BCUT2D eigenvalue weighted by atomic mass is 16.2. The van der Waals surface area contributed by atoms with E-state index in [1.54, 1.807) is 0 Å². The Morgan fingerprint density at radius 3 is 2.17 bits per heavy atom. The average Bonchev–Trinajstić information content (AvgIpc) is 2.62. The normalized spacial score (nSPS) is 21.8. The van der Waals surface area contributed by atoms with Crippen LogP contribution in [-0.4, -0.2) is 78.4 Å². The molecular formula is C18H34N4O2. The van der Waals surface area contributed by atoms with Crippen LogP contribution >= 0.6 is 0 Å². The summed E-state index contributed by atoms with van der Waals surface area (Å²) in [6.07, 6.45) is 4.16. The van der Waals surface area contributed by atoms with Crippen LogP contribution in [0.1, 0.15) is 46.0 Å². The van der Waals surface area contributed by atoms with Crippen molar-refractivity contribution in [2.75, 3.05) is 45.8 Å². The molecule has 0 bridgehead atoms. The van der Waals surface area contributed by atoms with Crippen LogP contribution in [0.15, 0.2) is 0 Å². The first kappa shape index (κ1) is 19.2. The molecule has 0 aromatic rings. The Bertz CT molecular complexity index is 413. The molecule has 6 heteroatoms. The average molecular weight is 338 g/mol. The number of piperazine rings is 1. The van der Waals surface area contributed by atoms with Crippen LogP contribution < -0.4 is 5.73 Å². The van der Waals surface area contributed by atoms with Crippen molar-refractivity contribution in [3.05, 3.63) is 0 Å². The Morgan fingerprint density at radius 2 is 1.62 bits per heavy atom.